The van der Waals surface area contributed by atoms with Gasteiger partial charge >= 0.3 is 0 Å². The van der Waals surface area contributed by atoms with Crippen molar-refractivity contribution >= 4 is 66.8 Å². The van der Waals surface area contributed by atoms with Crippen molar-refractivity contribution in [3.8, 4) is 0 Å². The van der Waals surface area contributed by atoms with Crippen molar-refractivity contribution in [3.05, 3.63) is 104 Å². The molecule has 0 unspecified atom stereocenters. The summed E-state index contributed by atoms with van der Waals surface area (Å²) in [4.78, 5) is 64.7. The maximum absolute atomic E-state index is 13.6. The van der Waals surface area contributed by atoms with Gasteiger partial charge < -0.3 is 41.0 Å². The molecule has 51 heavy (non-hydrogen) atoms. The van der Waals surface area contributed by atoms with E-state index in [0.717, 1.165) is 13.1 Å². The Kier molecular flexibility index (Phi) is 10.6. The molecule has 0 bridgehead atoms. The molecule has 0 radical (unpaired) electrons. The van der Waals surface area contributed by atoms with E-state index in [9.17, 15) is 19.2 Å². The molecule has 6 rings (SSSR count). The molecular weight excluding hydrogens is 644 g/mol. The van der Waals surface area contributed by atoms with Gasteiger partial charge in [0.1, 0.15) is 0 Å². The van der Waals surface area contributed by atoms with Crippen molar-refractivity contribution in [2.75, 3.05) is 78.1 Å². The van der Waals surface area contributed by atoms with Crippen molar-refractivity contribution in [2.24, 2.45) is 0 Å². The summed E-state index contributed by atoms with van der Waals surface area (Å²) in [5, 5.41) is 14.7. The molecule has 0 aliphatic rings. The molecule has 2 aromatic heterocycles. The smallest absolute Gasteiger partial charge is 0.253 e. The fourth-order valence-electron chi connectivity index (χ4n) is 6.21. The number of carbonyl (C=O) groups excluding carboxylic acids is 2. The van der Waals surface area contributed by atoms with Crippen LogP contribution in [0.1, 0.15) is 27.1 Å². The van der Waals surface area contributed by atoms with Crippen LogP contribution in [0.4, 0.5) is 11.4 Å². The second kappa shape index (κ2) is 15.4. The van der Waals surface area contributed by atoms with E-state index < -0.39 is 0 Å². The molecule has 0 aliphatic heterocycles. The van der Waals surface area contributed by atoms with Crippen LogP contribution in [0, 0.1) is 0 Å². The van der Waals surface area contributed by atoms with Gasteiger partial charge in [-0.1, -0.05) is 24.3 Å². The minimum Gasteiger partial charge on any atom is -0.383 e. The zero-order chi connectivity index (χ0) is 36.1. The van der Waals surface area contributed by atoms with Crippen LogP contribution in [0.3, 0.4) is 0 Å². The summed E-state index contributed by atoms with van der Waals surface area (Å²) in [6.45, 7) is 3.36. The van der Waals surface area contributed by atoms with Gasteiger partial charge in [0.2, 0.25) is 0 Å². The first-order valence-corrected chi connectivity index (χ1v) is 17.1. The number of H-pyrrole nitrogens is 2. The number of amides is 2. The zero-order valence-corrected chi connectivity index (χ0v) is 29.4. The van der Waals surface area contributed by atoms with E-state index in [-0.39, 0.29) is 22.7 Å². The molecule has 0 spiro atoms. The Hall–Kier alpha value is -5.72. The normalized spacial score (nSPS) is 11.6. The minimum atomic E-state index is -0.323. The molecular formula is C39H44N8O4. The Balaban J connectivity index is 1.15. The second-order valence-electron chi connectivity index (χ2n) is 13.2. The standard InChI is InChI=1S/C39H44N8O4/c1-46(2)20-18-40-30-15-14-27(35-34(30)37(49)26-11-6-8-13-29(26)45-35)39(51)43-17-9-16-42-38(50)24-22-31(41-19-21-47(3)4)33-32(23-24)44-28-12-7-5-10-25(28)36(33)48/h5-8,10-15,22-23,40-41H,9,16-21H2,1-4H3,(H,42,50)(H,43,51)(H,44,48)(H,45,49). The molecule has 264 valence electrons. The molecule has 6 aromatic rings. The van der Waals surface area contributed by atoms with Gasteiger partial charge in [-0.05, 0) is 83.1 Å². The van der Waals surface area contributed by atoms with Gasteiger partial charge in [0, 0.05) is 78.0 Å². The number of hydrogen-bond acceptors (Lipinski definition) is 8. The quantitative estimate of drug-likeness (QED) is 0.0737. The first kappa shape index (κ1) is 35.1. The van der Waals surface area contributed by atoms with Gasteiger partial charge in [0.05, 0.1) is 27.4 Å². The Morgan fingerprint density at radius 1 is 0.608 bits per heavy atom. The van der Waals surface area contributed by atoms with Crippen LogP contribution >= 0.6 is 0 Å². The average Bonchev–Trinajstić information content (AvgIpc) is 3.11. The van der Waals surface area contributed by atoms with E-state index in [1.54, 1.807) is 36.4 Å². The Bertz CT molecular complexity index is 2360. The summed E-state index contributed by atoms with van der Waals surface area (Å²) in [6, 6.07) is 21.5. The van der Waals surface area contributed by atoms with Crippen molar-refractivity contribution in [2.45, 2.75) is 6.42 Å². The number of para-hydroxylation sites is 2. The lowest BCUT2D eigenvalue weighted by Gasteiger charge is -2.16. The van der Waals surface area contributed by atoms with Gasteiger partial charge in [0.15, 0.2) is 10.9 Å². The molecule has 6 N–H and O–H groups in total. The fourth-order valence-corrected chi connectivity index (χ4v) is 6.21. The highest BCUT2D eigenvalue weighted by molar-refractivity contribution is 6.11. The van der Waals surface area contributed by atoms with E-state index in [1.807, 2.05) is 74.4 Å². The second-order valence-corrected chi connectivity index (χ2v) is 13.2. The van der Waals surface area contributed by atoms with Gasteiger partial charge in [-0.15, -0.1) is 0 Å². The fraction of sp³-hybridized carbons (Fsp3) is 0.282. The number of likely N-dealkylation sites (N-methyl/N-ethyl adjacent to an activating group) is 2. The lowest BCUT2D eigenvalue weighted by molar-refractivity contribution is 0.0952. The van der Waals surface area contributed by atoms with Gasteiger partial charge in [0.25, 0.3) is 11.8 Å². The van der Waals surface area contributed by atoms with Crippen LogP contribution in [0.25, 0.3) is 43.6 Å². The summed E-state index contributed by atoms with van der Waals surface area (Å²) in [5.74, 6) is -0.614. The molecule has 2 amide bonds. The van der Waals surface area contributed by atoms with Crippen LogP contribution in [0.15, 0.2) is 82.4 Å². The monoisotopic (exact) mass is 688 g/mol. The summed E-state index contributed by atoms with van der Waals surface area (Å²) < 4.78 is 0. The maximum atomic E-state index is 13.6. The first-order valence-electron chi connectivity index (χ1n) is 17.1. The number of benzene rings is 4. The number of anilines is 2. The molecule has 0 saturated carbocycles. The number of carbonyl (C=O) groups is 2. The number of aromatic amines is 2. The Morgan fingerprint density at radius 2 is 1.18 bits per heavy atom. The lowest BCUT2D eigenvalue weighted by atomic mass is 10.0. The van der Waals surface area contributed by atoms with Crippen LogP contribution in [0.2, 0.25) is 0 Å². The minimum absolute atomic E-state index is 0.102. The number of fused-ring (bicyclic) bond motifs is 4. The Morgan fingerprint density at radius 3 is 1.82 bits per heavy atom. The third-order valence-electron chi connectivity index (χ3n) is 8.85. The molecule has 12 nitrogen and oxygen atoms in total. The lowest BCUT2D eigenvalue weighted by Crippen LogP contribution is -2.30. The molecule has 4 aromatic carbocycles. The van der Waals surface area contributed by atoms with Crippen LogP contribution in [-0.2, 0) is 0 Å². The van der Waals surface area contributed by atoms with Crippen molar-refractivity contribution in [1.29, 1.82) is 0 Å². The third-order valence-corrected chi connectivity index (χ3v) is 8.85. The third kappa shape index (κ3) is 7.72. The summed E-state index contributed by atoms with van der Waals surface area (Å²) in [7, 11) is 7.90. The van der Waals surface area contributed by atoms with E-state index in [4.69, 9.17) is 0 Å². The topological polar surface area (TPSA) is 154 Å². The van der Waals surface area contributed by atoms with E-state index >= 15 is 0 Å². The highest BCUT2D eigenvalue weighted by atomic mass is 16.2. The van der Waals surface area contributed by atoms with Gasteiger partial charge in [-0.2, -0.15) is 0 Å². The largest absolute Gasteiger partial charge is 0.383 e. The van der Waals surface area contributed by atoms with E-state index in [1.165, 1.54) is 0 Å². The first-order chi connectivity index (χ1) is 24.6. The highest BCUT2D eigenvalue weighted by Gasteiger charge is 2.18. The molecule has 0 atom stereocenters. The SMILES string of the molecule is CN(C)CCNc1cc(C(=O)NCCCNC(=O)c2ccc(NCCN(C)C)c3c(=O)c4ccccc4[nH]c23)cc2[nH]c3ccccc3c(=O)c12. The van der Waals surface area contributed by atoms with Crippen molar-refractivity contribution in [3.63, 3.8) is 0 Å². The van der Waals surface area contributed by atoms with E-state index in [0.29, 0.717) is 98.7 Å². The number of nitrogens with zero attached hydrogens (tertiary/aromatic N) is 2. The predicted octanol–water partition coefficient (Wildman–Crippen LogP) is 4.17. The van der Waals surface area contributed by atoms with Gasteiger partial charge in [-0.25, -0.2) is 0 Å². The molecule has 0 aliphatic carbocycles. The number of pyridine rings is 2. The van der Waals surface area contributed by atoms with Crippen LogP contribution < -0.4 is 32.1 Å². The zero-order valence-electron chi connectivity index (χ0n) is 29.4. The summed E-state index contributed by atoms with van der Waals surface area (Å²) in [5.41, 5.74) is 4.17. The average molecular weight is 689 g/mol. The van der Waals surface area contributed by atoms with Crippen molar-refractivity contribution in [1.82, 2.24) is 30.4 Å². The van der Waals surface area contributed by atoms with Gasteiger partial charge in [-0.3, -0.25) is 19.2 Å². The summed E-state index contributed by atoms with van der Waals surface area (Å²) in [6.07, 6.45) is 0.474. The molecule has 12 heteroatoms. The Labute approximate surface area is 295 Å². The number of aromatic nitrogens is 2. The van der Waals surface area contributed by atoms with Crippen molar-refractivity contribution < 1.29 is 9.59 Å². The highest BCUT2D eigenvalue weighted by Crippen LogP contribution is 2.26. The molecule has 2 heterocycles. The van der Waals surface area contributed by atoms with Crippen LogP contribution in [0.5, 0.6) is 0 Å². The number of rotatable bonds is 14. The predicted molar refractivity (Wildman–Crippen MR) is 208 cm³/mol. The summed E-state index contributed by atoms with van der Waals surface area (Å²) >= 11 is 0. The number of hydrogen-bond donors (Lipinski definition) is 6. The number of nitrogens with one attached hydrogen (secondary N) is 6. The molecule has 0 saturated heterocycles. The maximum Gasteiger partial charge on any atom is 0.253 e. The van der Waals surface area contributed by atoms with E-state index in [2.05, 4.69) is 31.2 Å². The molecule has 0 fully saturated rings. The van der Waals surface area contributed by atoms with Crippen LogP contribution in [-0.4, -0.2) is 99.0 Å².